The van der Waals surface area contributed by atoms with Gasteiger partial charge in [0.25, 0.3) is 0 Å². The van der Waals surface area contributed by atoms with Gasteiger partial charge < -0.3 is 9.13 Å². The predicted molar refractivity (Wildman–Crippen MR) is 244 cm³/mol. The molecule has 0 aliphatic rings. The average Bonchev–Trinajstić information content (AvgIpc) is 3.39. The minimum atomic E-state index is -0.691. The smallest absolute Gasteiger partial charge is 0.0645 e. The van der Waals surface area contributed by atoms with Gasteiger partial charge in [-0.1, -0.05) is 145 Å². The van der Waals surface area contributed by atoms with E-state index in [9.17, 15) is 13.7 Å². The van der Waals surface area contributed by atoms with Gasteiger partial charge in [-0.05, 0) is 88.3 Å². The molecule has 3 aromatic heterocycles. The van der Waals surface area contributed by atoms with Crippen molar-refractivity contribution in [3.05, 3.63) is 206 Å². The van der Waals surface area contributed by atoms with Crippen molar-refractivity contribution in [2.45, 2.75) is 0 Å². The molecule has 12 aromatic rings. The fourth-order valence-corrected chi connectivity index (χ4v) is 8.72. The molecule has 2 nitrogen and oxygen atoms in total. The fourth-order valence-electron chi connectivity index (χ4n) is 7.73. The van der Waals surface area contributed by atoms with E-state index < -0.39 is 127 Å². The van der Waals surface area contributed by atoms with Gasteiger partial charge in [-0.3, -0.25) is 0 Å². The number of benzene rings is 9. The van der Waals surface area contributed by atoms with Gasteiger partial charge in [0.15, 0.2) is 0 Å². The lowest BCUT2D eigenvalue weighted by Gasteiger charge is -2.13. The second kappa shape index (κ2) is 12.7. The molecule has 266 valence electrons. The van der Waals surface area contributed by atoms with E-state index in [2.05, 4.69) is 0 Å². The summed E-state index contributed by atoms with van der Waals surface area (Å²) >= 11 is 0.854. The zero-order valence-corrected chi connectivity index (χ0v) is 30.1. The largest absolute Gasteiger partial charge is 0.309 e. The maximum absolute atomic E-state index is 10.2. The topological polar surface area (TPSA) is 9.86 Å². The van der Waals surface area contributed by atoms with Crippen LogP contribution in [-0.4, -0.2) is 9.13 Å². The van der Waals surface area contributed by atoms with Gasteiger partial charge in [-0.25, -0.2) is 0 Å². The van der Waals surface area contributed by atoms with Gasteiger partial charge in [0, 0.05) is 58.7 Å². The van der Waals surface area contributed by atoms with E-state index in [4.69, 9.17) is 15.1 Å². The van der Waals surface area contributed by atoms with Crippen molar-refractivity contribution in [3.63, 3.8) is 0 Å². The van der Waals surface area contributed by atoms with Gasteiger partial charge in [0.1, 0.15) is 0 Å². The Balaban J connectivity index is 1.22. The molecular weight excluding hydrogens is 709 g/mol. The molecule has 0 aliphatic heterocycles. The fraction of sp³-hybridized carbons (Fsp3) is 0. The molecule has 0 aliphatic carbocycles. The molecule has 0 saturated heterocycles. The second-order valence-corrected chi connectivity index (χ2v) is 14.3. The van der Waals surface area contributed by atoms with Gasteiger partial charge in [0.05, 0.1) is 50.9 Å². The lowest BCUT2D eigenvalue weighted by Crippen LogP contribution is -1.96. The van der Waals surface area contributed by atoms with Crippen molar-refractivity contribution in [1.29, 1.82) is 0 Å². The number of para-hydroxylation sites is 3. The summed E-state index contributed by atoms with van der Waals surface area (Å²) in [5.74, 6) is 0. The Morgan fingerprint density at radius 3 is 1.95 bits per heavy atom. The Bertz CT molecular complexity index is 4740. The number of aromatic nitrogens is 2. The summed E-state index contributed by atoms with van der Waals surface area (Å²) in [5.41, 5.74) is 0.760. The van der Waals surface area contributed by atoms with Crippen LogP contribution in [0.5, 0.6) is 0 Å². The summed E-state index contributed by atoms with van der Waals surface area (Å²) in [4.78, 5) is 0. The van der Waals surface area contributed by atoms with Crippen LogP contribution in [0, 0.1) is 0 Å². The normalized spacial score (nSPS) is 17.0. The van der Waals surface area contributed by atoms with E-state index in [1.165, 1.54) is 27.3 Å². The Kier molecular flexibility index (Phi) is 3.94. The molecular formula is C54H34N2S. The minimum absolute atomic E-state index is 0.00273. The van der Waals surface area contributed by atoms with E-state index in [0.717, 1.165) is 28.5 Å². The molecule has 3 heteroatoms. The first-order valence-corrected chi connectivity index (χ1v) is 18.6. The van der Waals surface area contributed by atoms with Crippen LogP contribution in [0.1, 0.15) is 28.8 Å². The highest BCUT2D eigenvalue weighted by Gasteiger charge is 2.20. The van der Waals surface area contributed by atoms with Gasteiger partial charge in [-0.15, -0.1) is 11.3 Å². The first-order valence-electron chi connectivity index (χ1n) is 28.3. The number of fused-ring (bicyclic) bond motifs is 9. The molecule has 9 aromatic carbocycles. The van der Waals surface area contributed by atoms with Gasteiger partial charge in [-0.2, -0.15) is 0 Å². The Labute approximate surface area is 363 Å². The third kappa shape index (κ3) is 4.96. The van der Waals surface area contributed by atoms with Crippen molar-refractivity contribution in [2.24, 2.45) is 0 Å². The van der Waals surface area contributed by atoms with Crippen molar-refractivity contribution < 1.29 is 28.8 Å². The SMILES string of the molecule is [2H]c1cc([2H])c(-c2c([2H])c([2H])c([2H])c3sc4c([2H])c([2H])c(-n5c6ccc(-c7c([2H])c([2H])c([2H])c8c9c([2H])c([2H])c([2H])c([2H])c9n(-c9ccc(-c%10ccccc%10)cc9)c78)c([2H])c6c6c([2H])c([2H])c([2H])c([2H])c65)cc4c23)c([2H])c1[2H]. The zero-order valence-electron chi connectivity index (χ0n) is 50.3. The van der Waals surface area contributed by atoms with E-state index in [1.807, 2.05) is 30.3 Å². The van der Waals surface area contributed by atoms with E-state index >= 15 is 0 Å². The highest BCUT2D eigenvalue weighted by atomic mass is 32.1. The summed E-state index contributed by atoms with van der Waals surface area (Å²) < 4.78 is 194. The Morgan fingerprint density at radius 1 is 0.386 bits per heavy atom. The molecule has 57 heavy (non-hydrogen) atoms. The van der Waals surface area contributed by atoms with E-state index in [0.29, 0.717) is 5.69 Å². The summed E-state index contributed by atoms with van der Waals surface area (Å²) in [6.07, 6.45) is 0. The van der Waals surface area contributed by atoms with Crippen LogP contribution < -0.4 is 0 Å². The van der Waals surface area contributed by atoms with E-state index in [1.54, 1.807) is 24.3 Å². The standard InChI is InChI=1S/C54H34N2S/c1-3-13-35(14-4-1)36-25-28-39(29-26-36)56-49-23-10-7-17-43(49)45-21-11-20-42(54(45)56)38-27-31-50-46(33-38)44-18-8-9-22-48(44)55(50)40-30-32-51-47(34-40)53-41(19-12-24-52(53)57-51)37-15-5-2-6-16-37/h1-34H/i2D,5D,7D,8D,9D,10D,11D,12D,15D,16D,17D,18D,19D,20D,21D,22D,23D,24D,30D,32D,33D. The maximum Gasteiger partial charge on any atom is 0.0645 e. The van der Waals surface area contributed by atoms with Crippen LogP contribution in [-0.2, 0) is 0 Å². The molecule has 0 saturated carbocycles. The highest BCUT2D eigenvalue weighted by molar-refractivity contribution is 7.26. The van der Waals surface area contributed by atoms with Crippen molar-refractivity contribution in [3.8, 4) is 44.8 Å². The Morgan fingerprint density at radius 2 is 1.09 bits per heavy atom. The molecule has 0 bridgehead atoms. The molecule has 3 heterocycles. The zero-order chi connectivity index (χ0) is 55.7. The minimum Gasteiger partial charge on any atom is -0.309 e. The number of hydrogen-bond donors (Lipinski definition) is 0. The third-order valence-electron chi connectivity index (χ3n) is 10.2. The maximum atomic E-state index is 10.2. The van der Waals surface area contributed by atoms with Crippen LogP contribution in [0.15, 0.2) is 206 Å². The molecule has 0 atom stereocenters. The van der Waals surface area contributed by atoms with E-state index in [-0.39, 0.29) is 91.7 Å². The van der Waals surface area contributed by atoms with Gasteiger partial charge >= 0.3 is 0 Å². The second-order valence-electron chi connectivity index (χ2n) is 13.3. The van der Waals surface area contributed by atoms with Crippen LogP contribution in [0.4, 0.5) is 0 Å². The Hall–Kier alpha value is -7.20. The lowest BCUT2D eigenvalue weighted by atomic mass is 9.99. The van der Waals surface area contributed by atoms with Crippen LogP contribution in [0.3, 0.4) is 0 Å². The molecule has 0 spiro atoms. The summed E-state index contributed by atoms with van der Waals surface area (Å²) in [6, 6.07) is 10.2. The number of rotatable bonds is 5. The average molecular weight is 764 g/mol. The summed E-state index contributed by atoms with van der Waals surface area (Å²) in [5, 5.41) is -0.458. The molecule has 0 radical (unpaired) electrons. The molecule has 0 amide bonds. The van der Waals surface area contributed by atoms with Crippen LogP contribution in [0.25, 0.3) is 109 Å². The first kappa shape index (κ1) is 17.7. The monoisotopic (exact) mass is 763 g/mol. The summed E-state index contributed by atoms with van der Waals surface area (Å²) in [7, 11) is 0. The van der Waals surface area contributed by atoms with Gasteiger partial charge in [0.2, 0.25) is 0 Å². The summed E-state index contributed by atoms with van der Waals surface area (Å²) in [6.45, 7) is 0. The molecule has 0 unspecified atom stereocenters. The molecule has 0 fully saturated rings. The quantitative estimate of drug-likeness (QED) is 0.165. The number of thiophene rings is 1. The first-order chi connectivity index (χ1) is 37.0. The molecule has 0 N–H and O–H groups in total. The predicted octanol–water partition coefficient (Wildman–Crippen LogP) is 15.2. The third-order valence-corrected chi connectivity index (χ3v) is 11.2. The van der Waals surface area contributed by atoms with Crippen LogP contribution >= 0.6 is 11.3 Å². The van der Waals surface area contributed by atoms with Crippen LogP contribution in [0.2, 0.25) is 0 Å². The van der Waals surface area contributed by atoms with Crippen molar-refractivity contribution in [2.75, 3.05) is 0 Å². The number of hydrogen-bond acceptors (Lipinski definition) is 1. The van der Waals surface area contributed by atoms with Crippen molar-refractivity contribution in [1.82, 2.24) is 9.13 Å². The lowest BCUT2D eigenvalue weighted by molar-refractivity contribution is 1.18. The highest BCUT2D eigenvalue weighted by Crippen LogP contribution is 2.44. The molecule has 12 rings (SSSR count). The van der Waals surface area contributed by atoms with Crippen molar-refractivity contribution >= 4 is 75.1 Å². The number of nitrogens with zero attached hydrogens (tertiary/aromatic N) is 2.